The molecule has 1 fully saturated rings. The molecule has 1 aliphatic heterocycles. The van der Waals surface area contributed by atoms with Crippen LogP contribution in [0.4, 0.5) is 5.82 Å². The zero-order chi connectivity index (χ0) is 20.3. The van der Waals surface area contributed by atoms with Gasteiger partial charge >= 0.3 is 0 Å². The molecule has 1 N–H and O–H groups in total. The zero-order valence-corrected chi connectivity index (χ0v) is 16.9. The molecule has 4 aromatic rings. The molecule has 6 heteroatoms. The van der Waals surface area contributed by atoms with Crippen LogP contribution in [0, 0.1) is 0 Å². The van der Waals surface area contributed by atoms with E-state index in [0.29, 0.717) is 0 Å². The molecule has 0 aliphatic carbocycles. The van der Waals surface area contributed by atoms with Crippen LogP contribution in [-0.4, -0.2) is 40.9 Å². The van der Waals surface area contributed by atoms with Crippen LogP contribution in [0.25, 0.3) is 27.8 Å². The van der Waals surface area contributed by atoms with Gasteiger partial charge in [0, 0.05) is 30.6 Å². The van der Waals surface area contributed by atoms with E-state index < -0.39 is 0 Å². The van der Waals surface area contributed by atoms with Crippen LogP contribution in [0.5, 0.6) is 5.75 Å². The smallest absolute Gasteiger partial charge is 0.150 e. The summed E-state index contributed by atoms with van der Waals surface area (Å²) in [5.41, 5.74) is 4.11. The van der Waals surface area contributed by atoms with Gasteiger partial charge in [-0.3, -0.25) is 0 Å². The van der Waals surface area contributed by atoms with Crippen molar-refractivity contribution in [3.8, 4) is 22.6 Å². The van der Waals surface area contributed by atoms with Gasteiger partial charge in [0.05, 0.1) is 18.6 Å². The summed E-state index contributed by atoms with van der Waals surface area (Å²) in [5.74, 6) is 1.66. The van der Waals surface area contributed by atoms with Gasteiger partial charge in [-0.2, -0.15) is 0 Å². The van der Waals surface area contributed by atoms with E-state index in [2.05, 4.69) is 50.3 Å². The third kappa shape index (κ3) is 3.50. The first kappa shape index (κ1) is 18.6. The first-order valence-electron chi connectivity index (χ1n) is 10.2. The van der Waals surface area contributed by atoms with E-state index in [0.717, 1.165) is 65.4 Å². The molecule has 0 amide bonds. The van der Waals surface area contributed by atoms with E-state index in [1.165, 1.54) is 0 Å². The van der Waals surface area contributed by atoms with Crippen molar-refractivity contribution in [2.45, 2.75) is 18.9 Å². The Bertz CT molecular complexity index is 1130. The van der Waals surface area contributed by atoms with Gasteiger partial charge < -0.3 is 19.4 Å². The van der Waals surface area contributed by atoms with Gasteiger partial charge in [-0.15, -0.1) is 0 Å². The number of hydrogen-bond donors (Lipinski definition) is 1. The van der Waals surface area contributed by atoms with Crippen molar-refractivity contribution in [2.75, 3.05) is 25.6 Å². The van der Waals surface area contributed by atoms with Crippen LogP contribution in [0.15, 0.2) is 67.1 Å². The van der Waals surface area contributed by atoms with Crippen LogP contribution in [0.1, 0.15) is 12.8 Å². The van der Waals surface area contributed by atoms with Crippen LogP contribution >= 0.6 is 0 Å². The van der Waals surface area contributed by atoms with Crippen molar-refractivity contribution in [3.05, 3.63) is 67.1 Å². The average Bonchev–Trinajstić information content (AvgIpc) is 3.47. The Morgan fingerprint density at radius 3 is 2.67 bits per heavy atom. The lowest BCUT2D eigenvalue weighted by Gasteiger charge is -2.12. The maximum Gasteiger partial charge on any atom is 0.150 e. The van der Waals surface area contributed by atoms with Gasteiger partial charge in [-0.1, -0.05) is 30.3 Å². The minimum Gasteiger partial charge on any atom is -0.497 e. The predicted octanol–water partition coefficient (Wildman–Crippen LogP) is 4.69. The first-order chi connectivity index (χ1) is 14.8. The second kappa shape index (κ2) is 8.16. The third-order valence-electron chi connectivity index (χ3n) is 5.54. The summed E-state index contributed by atoms with van der Waals surface area (Å²) in [6.45, 7) is 1.59. The number of nitrogens with one attached hydrogen (secondary N) is 1. The molecule has 1 aliphatic rings. The van der Waals surface area contributed by atoms with Crippen molar-refractivity contribution in [1.82, 2.24) is 14.5 Å². The number of rotatable bonds is 6. The molecule has 3 heterocycles. The van der Waals surface area contributed by atoms with Crippen molar-refractivity contribution in [2.24, 2.45) is 0 Å². The number of hydrogen-bond acceptors (Lipinski definition) is 5. The van der Waals surface area contributed by atoms with E-state index in [-0.39, 0.29) is 6.10 Å². The second-order valence-electron chi connectivity index (χ2n) is 7.41. The van der Waals surface area contributed by atoms with Crippen molar-refractivity contribution in [1.29, 1.82) is 0 Å². The Morgan fingerprint density at radius 1 is 1.10 bits per heavy atom. The number of aromatic nitrogens is 3. The fraction of sp³-hybridized carbons (Fsp3) is 0.250. The number of anilines is 1. The van der Waals surface area contributed by atoms with Crippen molar-refractivity contribution in [3.63, 3.8) is 0 Å². The minimum absolute atomic E-state index is 0.235. The molecule has 1 atom stereocenters. The summed E-state index contributed by atoms with van der Waals surface area (Å²) in [4.78, 5) is 9.21. The van der Waals surface area contributed by atoms with E-state index in [4.69, 9.17) is 9.47 Å². The molecule has 0 spiro atoms. The Morgan fingerprint density at radius 2 is 1.93 bits per heavy atom. The average molecular weight is 400 g/mol. The number of fused-ring (bicyclic) bond motifs is 1. The summed E-state index contributed by atoms with van der Waals surface area (Å²) in [6, 6.07) is 18.4. The van der Waals surface area contributed by atoms with E-state index >= 15 is 0 Å². The van der Waals surface area contributed by atoms with Gasteiger partial charge in [-0.25, -0.2) is 9.97 Å². The molecule has 1 unspecified atom stereocenters. The summed E-state index contributed by atoms with van der Waals surface area (Å²) in [7, 11) is 1.67. The predicted molar refractivity (Wildman–Crippen MR) is 118 cm³/mol. The minimum atomic E-state index is 0.235. The Labute approximate surface area is 175 Å². The van der Waals surface area contributed by atoms with E-state index in [1.807, 2.05) is 30.3 Å². The Balaban J connectivity index is 1.63. The monoisotopic (exact) mass is 400 g/mol. The summed E-state index contributed by atoms with van der Waals surface area (Å²) in [5, 5.41) is 4.52. The van der Waals surface area contributed by atoms with Crippen LogP contribution in [0.3, 0.4) is 0 Å². The fourth-order valence-electron chi connectivity index (χ4n) is 3.99. The molecule has 0 radical (unpaired) electrons. The largest absolute Gasteiger partial charge is 0.497 e. The highest BCUT2D eigenvalue weighted by atomic mass is 16.5. The molecule has 0 bridgehead atoms. The third-order valence-corrected chi connectivity index (χ3v) is 5.54. The highest BCUT2D eigenvalue weighted by Crippen LogP contribution is 2.35. The molecular formula is C24H24N4O2. The van der Waals surface area contributed by atoms with Gasteiger partial charge in [0.2, 0.25) is 0 Å². The van der Waals surface area contributed by atoms with Gasteiger partial charge in [0.25, 0.3) is 0 Å². The van der Waals surface area contributed by atoms with Crippen molar-refractivity contribution >= 4 is 16.9 Å². The molecule has 0 saturated carbocycles. The van der Waals surface area contributed by atoms with Gasteiger partial charge in [0.1, 0.15) is 17.9 Å². The molecule has 6 nitrogen and oxygen atoms in total. The Hall–Kier alpha value is -3.38. The molecule has 1 saturated heterocycles. The van der Waals surface area contributed by atoms with Gasteiger partial charge in [-0.05, 0) is 42.7 Å². The highest BCUT2D eigenvalue weighted by Gasteiger charge is 2.20. The van der Waals surface area contributed by atoms with Crippen LogP contribution < -0.4 is 10.1 Å². The molecule has 2 aromatic heterocycles. The maximum absolute atomic E-state index is 5.78. The zero-order valence-electron chi connectivity index (χ0n) is 16.9. The lowest BCUT2D eigenvalue weighted by Crippen LogP contribution is -2.19. The lowest BCUT2D eigenvalue weighted by atomic mass is 10.1. The summed E-state index contributed by atoms with van der Waals surface area (Å²) >= 11 is 0. The maximum atomic E-state index is 5.78. The topological polar surface area (TPSA) is 61.2 Å². The van der Waals surface area contributed by atoms with E-state index in [9.17, 15) is 0 Å². The van der Waals surface area contributed by atoms with E-state index in [1.54, 1.807) is 13.4 Å². The normalized spacial score (nSPS) is 16.1. The van der Waals surface area contributed by atoms with Gasteiger partial charge in [0.15, 0.2) is 5.65 Å². The number of ether oxygens (including phenoxy) is 2. The summed E-state index contributed by atoms with van der Waals surface area (Å²) < 4.78 is 13.2. The molecule has 2 aromatic carbocycles. The summed E-state index contributed by atoms with van der Waals surface area (Å²) in [6.07, 6.45) is 6.19. The van der Waals surface area contributed by atoms with Crippen molar-refractivity contribution < 1.29 is 9.47 Å². The number of methoxy groups -OCH3 is 1. The Kier molecular flexibility index (Phi) is 5.07. The SMILES string of the molecule is COc1ccc(-n2cc(-c3ccccc3)c3c(NCC4CCCO4)ncnc32)cc1. The molecular weight excluding hydrogens is 376 g/mol. The quantitative estimate of drug-likeness (QED) is 0.509. The standard InChI is InChI=1S/C24H24N4O2/c1-29-19-11-9-18(10-12-19)28-15-21(17-6-3-2-4-7-17)22-23(26-16-27-24(22)28)25-14-20-8-5-13-30-20/h2-4,6-7,9-12,15-16,20H,5,8,13-14H2,1H3,(H,25,26,27). The number of benzene rings is 2. The second-order valence-corrected chi connectivity index (χ2v) is 7.41. The molecule has 30 heavy (non-hydrogen) atoms. The lowest BCUT2D eigenvalue weighted by molar-refractivity contribution is 0.120. The van der Waals surface area contributed by atoms with Crippen LogP contribution in [-0.2, 0) is 4.74 Å². The number of nitrogens with zero attached hydrogens (tertiary/aromatic N) is 3. The van der Waals surface area contributed by atoms with Crippen LogP contribution in [0.2, 0.25) is 0 Å². The first-order valence-corrected chi connectivity index (χ1v) is 10.2. The molecule has 152 valence electrons. The highest BCUT2D eigenvalue weighted by molar-refractivity contribution is 6.02. The molecule has 5 rings (SSSR count). The fourth-order valence-corrected chi connectivity index (χ4v) is 3.99.